The van der Waals surface area contributed by atoms with E-state index in [1.165, 1.54) is 0 Å². The van der Waals surface area contributed by atoms with Gasteiger partial charge < -0.3 is 9.26 Å². The second-order valence-electron chi connectivity index (χ2n) is 5.32. The maximum atomic E-state index is 5.76. The van der Waals surface area contributed by atoms with Crippen LogP contribution in [-0.4, -0.2) is 40.3 Å². The molecule has 0 N–H and O–H groups in total. The van der Waals surface area contributed by atoms with Crippen molar-refractivity contribution >= 4 is 11.3 Å². The highest BCUT2D eigenvalue weighted by atomic mass is 32.1. The van der Waals surface area contributed by atoms with Gasteiger partial charge in [-0.2, -0.15) is 4.98 Å². The molecule has 2 aromatic rings. The Kier molecular flexibility index (Phi) is 3.87. The summed E-state index contributed by atoms with van der Waals surface area (Å²) in [6.07, 6.45) is 0.474. The fourth-order valence-electron chi connectivity index (χ4n) is 2.60. The number of ether oxygens (including phenoxy) is 1. The topological polar surface area (TPSA) is 51.4 Å². The molecule has 2 aromatic heterocycles. The molecule has 0 spiro atoms. The van der Waals surface area contributed by atoms with E-state index in [9.17, 15) is 0 Å². The number of morpholine rings is 1. The van der Waals surface area contributed by atoms with Gasteiger partial charge in [0.25, 0.3) is 0 Å². The van der Waals surface area contributed by atoms with Crippen LogP contribution in [0.3, 0.4) is 0 Å². The van der Waals surface area contributed by atoms with Crippen LogP contribution >= 0.6 is 11.3 Å². The van der Waals surface area contributed by atoms with Gasteiger partial charge in [0.1, 0.15) is 0 Å². The van der Waals surface area contributed by atoms with Gasteiger partial charge in [-0.15, -0.1) is 11.3 Å². The van der Waals surface area contributed by atoms with Gasteiger partial charge in [-0.05, 0) is 32.2 Å². The van der Waals surface area contributed by atoms with E-state index in [1.807, 2.05) is 17.5 Å². The molecular weight excluding hydrogens is 274 g/mol. The van der Waals surface area contributed by atoms with Gasteiger partial charge in [-0.3, -0.25) is 4.90 Å². The van der Waals surface area contributed by atoms with Crippen molar-refractivity contribution in [2.75, 3.05) is 13.1 Å². The normalized spacial score (nSPS) is 25.8. The van der Waals surface area contributed by atoms with E-state index in [-0.39, 0.29) is 18.2 Å². The van der Waals surface area contributed by atoms with Crippen LogP contribution in [-0.2, 0) is 4.74 Å². The molecule has 0 radical (unpaired) electrons. The largest absolute Gasteiger partial charge is 0.373 e. The monoisotopic (exact) mass is 293 g/mol. The molecule has 5 nitrogen and oxygen atoms in total. The van der Waals surface area contributed by atoms with Gasteiger partial charge in [0.05, 0.1) is 23.1 Å². The lowest BCUT2D eigenvalue weighted by Gasteiger charge is -2.37. The number of hydrogen-bond acceptors (Lipinski definition) is 6. The third-order valence-electron chi connectivity index (χ3n) is 3.54. The summed E-state index contributed by atoms with van der Waals surface area (Å²) in [7, 11) is 0. The first-order valence-electron chi connectivity index (χ1n) is 6.90. The Bertz CT molecular complexity index is 545. The number of aromatic nitrogens is 2. The van der Waals surface area contributed by atoms with E-state index in [1.54, 1.807) is 11.3 Å². The molecule has 1 saturated heterocycles. The lowest BCUT2D eigenvalue weighted by atomic mass is 10.2. The average Bonchev–Trinajstić information content (AvgIpc) is 3.07. The minimum absolute atomic E-state index is 0.116. The van der Waals surface area contributed by atoms with Crippen molar-refractivity contribution in [3.05, 3.63) is 23.4 Å². The molecule has 3 rings (SSSR count). The fourth-order valence-corrected chi connectivity index (χ4v) is 3.25. The minimum Gasteiger partial charge on any atom is -0.373 e. The Morgan fingerprint density at radius 2 is 2.10 bits per heavy atom. The Morgan fingerprint density at radius 3 is 2.75 bits per heavy atom. The van der Waals surface area contributed by atoms with E-state index in [4.69, 9.17) is 9.26 Å². The zero-order chi connectivity index (χ0) is 14.1. The number of hydrogen-bond donors (Lipinski definition) is 0. The van der Waals surface area contributed by atoms with Crippen LogP contribution < -0.4 is 0 Å². The Hall–Kier alpha value is -1.24. The first kappa shape index (κ1) is 13.7. The van der Waals surface area contributed by atoms with Crippen molar-refractivity contribution in [3.63, 3.8) is 0 Å². The van der Waals surface area contributed by atoms with Gasteiger partial charge in [-0.1, -0.05) is 11.2 Å². The summed E-state index contributed by atoms with van der Waals surface area (Å²) < 4.78 is 11.2. The van der Waals surface area contributed by atoms with Crippen LogP contribution in [0, 0.1) is 0 Å². The molecule has 0 aliphatic carbocycles. The third-order valence-corrected chi connectivity index (χ3v) is 4.40. The summed E-state index contributed by atoms with van der Waals surface area (Å²) in [5.74, 6) is 1.35. The molecule has 0 amide bonds. The van der Waals surface area contributed by atoms with Crippen LogP contribution in [0.4, 0.5) is 0 Å². The Balaban J connectivity index is 1.75. The predicted octanol–water partition coefficient (Wildman–Crippen LogP) is 2.97. The summed E-state index contributed by atoms with van der Waals surface area (Å²) in [6, 6.07) is 4.11. The molecule has 0 aromatic carbocycles. The van der Waals surface area contributed by atoms with Crippen molar-refractivity contribution in [2.45, 2.75) is 39.0 Å². The van der Waals surface area contributed by atoms with Crippen LogP contribution in [0.2, 0.25) is 0 Å². The molecule has 6 heteroatoms. The molecule has 0 bridgehead atoms. The number of thiophene rings is 1. The minimum atomic E-state index is 0.116. The van der Waals surface area contributed by atoms with Crippen molar-refractivity contribution in [2.24, 2.45) is 0 Å². The Morgan fingerprint density at radius 1 is 1.35 bits per heavy atom. The van der Waals surface area contributed by atoms with Gasteiger partial charge in [0.15, 0.2) is 0 Å². The quantitative estimate of drug-likeness (QED) is 0.871. The van der Waals surface area contributed by atoms with E-state index < -0.39 is 0 Å². The van der Waals surface area contributed by atoms with Gasteiger partial charge in [0, 0.05) is 13.1 Å². The maximum Gasteiger partial charge on any atom is 0.244 e. The summed E-state index contributed by atoms with van der Waals surface area (Å²) >= 11 is 1.62. The van der Waals surface area contributed by atoms with Crippen molar-refractivity contribution in [1.82, 2.24) is 15.0 Å². The van der Waals surface area contributed by atoms with E-state index in [2.05, 4.69) is 35.8 Å². The van der Waals surface area contributed by atoms with Crippen LogP contribution in [0.1, 0.15) is 32.7 Å². The summed E-state index contributed by atoms with van der Waals surface area (Å²) in [4.78, 5) is 7.90. The number of rotatable bonds is 3. The molecule has 1 aliphatic heterocycles. The molecule has 0 unspecified atom stereocenters. The smallest absolute Gasteiger partial charge is 0.244 e. The summed E-state index contributed by atoms with van der Waals surface area (Å²) in [5.41, 5.74) is 0. The summed E-state index contributed by atoms with van der Waals surface area (Å²) in [6.45, 7) is 8.08. The summed E-state index contributed by atoms with van der Waals surface area (Å²) in [5, 5.41) is 6.09. The van der Waals surface area contributed by atoms with Crippen LogP contribution in [0.5, 0.6) is 0 Å². The zero-order valence-corrected chi connectivity index (χ0v) is 12.8. The maximum absolute atomic E-state index is 5.76. The van der Waals surface area contributed by atoms with Crippen LogP contribution in [0.25, 0.3) is 10.7 Å². The highest BCUT2D eigenvalue weighted by Crippen LogP contribution is 2.27. The van der Waals surface area contributed by atoms with Crippen LogP contribution in [0.15, 0.2) is 22.0 Å². The van der Waals surface area contributed by atoms with Gasteiger partial charge in [0.2, 0.25) is 11.7 Å². The lowest BCUT2D eigenvalue weighted by Crippen LogP contribution is -2.46. The van der Waals surface area contributed by atoms with Gasteiger partial charge in [-0.25, -0.2) is 0 Å². The zero-order valence-electron chi connectivity index (χ0n) is 11.9. The highest BCUT2D eigenvalue weighted by Gasteiger charge is 2.29. The SMILES string of the molecule is C[C@H]1CN([C@@H](C)c2nc(-c3cccs3)no2)C[C@H](C)O1. The molecule has 3 atom stereocenters. The lowest BCUT2D eigenvalue weighted by molar-refractivity contribution is -0.0818. The first-order chi connectivity index (χ1) is 9.63. The van der Waals surface area contributed by atoms with E-state index in [0.29, 0.717) is 11.7 Å². The molecule has 1 aliphatic rings. The standard InChI is InChI=1S/C14H19N3O2S/c1-9-7-17(8-10(2)18-9)11(3)14-15-13(16-19-14)12-5-4-6-20-12/h4-6,9-11H,7-8H2,1-3H3/t9-,10-,11-/m0/s1. The van der Waals surface area contributed by atoms with Crippen molar-refractivity contribution in [1.29, 1.82) is 0 Å². The molecule has 0 saturated carbocycles. The van der Waals surface area contributed by atoms with Crippen molar-refractivity contribution in [3.8, 4) is 10.7 Å². The van der Waals surface area contributed by atoms with Crippen molar-refractivity contribution < 1.29 is 9.26 Å². The fraction of sp³-hybridized carbons (Fsp3) is 0.571. The number of nitrogens with zero attached hydrogens (tertiary/aromatic N) is 3. The first-order valence-corrected chi connectivity index (χ1v) is 7.78. The van der Waals surface area contributed by atoms with E-state index >= 15 is 0 Å². The predicted molar refractivity (Wildman–Crippen MR) is 77.6 cm³/mol. The highest BCUT2D eigenvalue weighted by molar-refractivity contribution is 7.13. The average molecular weight is 293 g/mol. The molecule has 108 valence electrons. The third kappa shape index (κ3) is 2.77. The van der Waals surface area contributed by atoms with Gasteiger partial charge >= 0.3 is 0 Å². The second kappa shape index (κ2) is 5.63. The van der Waals surface area contributed by atoms with E-state index in [0.717, 1.165) is 18.0 Å². The Labute approximate surface area is 122 Å². The molecule has 1 fully saturated rings. The molecular formula is C14H19N3O2S. The molecule has 3 heterocycles. The molecule has 20 heavy (non-hydrogen) atoms. The second-order valence-corrected chi connectivity index (χ2v) is 6.27.